The van der Waals surface area contributed by atoms with Gasteiger partial charge < -0.3 is 19.7 Å². The maximum atomic E-state index is 11.8. The molecule has 1 aliphatic heterocycles. The number of nitrogens with zero attached hydrogens (tertiary/aromatic N) is 4. The minimum atomic E-state index is -0.432. The quantitative estimate of drug-likeness (QED) is 0.606. The van der Waals surface area contributed by atoms with E-state index >= 15 is 0 Å². The molecule has 0 aliphatic carbocycles. The third-order valence-electron chi connectivity index (χ3n) is 4.55. The normalized spacial score (nSPS) is 14.4. The van der Waals surface area contributed by atoms with Gasteiger partial charge in [0.25, 0.3) is 0 Å². The van der Waals surface area contributed by atoms with Crippen molar-refractivity contribution in [3.8, 4) is 11.5 Å². The Labute approximate surface area is 157 Å². The van der Waals surface area contributed by atoms with Gasteiger partial charge in [0, 0.05) is 19.2 Å². The van der Waals surface area contributed by atoms with E-state index in [1.807, 2.05) is 4.90 Å². The Morgan fingerprint density at radius 1 is 1.11 bits per heavy atom. The van der Waals surface area contributed by atoms with Crippen molar-refractivity contribution in [1.82, 2.24) is 9.97 Å². The summed E-state index contributed by atoms with van der Waals surface area (Å²) in [4.78, 5) is 21.7. The fourth-order valence-corrected chi connectivity index (χ4v) is 3.17. The number of hydrogen-bond acceptors (Lipinski definition) is 8. The lowest BCUT2D eigenvalue weighted by atomic mass is 10.2. The van der Waals surface area contributed by atoms with Crippen LogP contribution in [-0.2, 0) is 0 Å². The van der Waals surface area contributed by atoms with Gasteiger partial charge in [0.2, 0.25) is 11.6 Å². The molecule has 1 saturated heterocycles. The molecule has 9 heteroatoms. The first-order valence-corrected chi connectivity index (χ1v) is 8.87. The molecule has 2 aromatic rings. The maximum absolute atomic E-state index is 11.8. The van der Waals surface area contributed by atoms with Crippen LogP contribution in [0.2, 0.25) is 0 Å². The Morgan fingerprint density at radius 3 is 2.48 bits per heavy atom. The van der Waals surface area contributed by atoms with E-state index in [0.717, 1.165) is 38.8 Å². The summed E-state index contributed by atoms with van der Waals surface area (Å²) in [5.74, 6) is 1.61. The van der Waals surface area contributed by atoms with E-state index in [2.05, 4.69) is 15.3 Å². The first-order valence-electron chi connectivity index (χ1n) is 8.87. The zero-order valence-corrected chi connectivity index (χ0v) is 15.5. The van der Waals surface area contributed by atoms with Crippen LogP contribution in [0.3, 0.4) is 0 Å². The summed E-state index contributed by atoms with van der Waals surface area (Å²) in [7, 11) is 3.08. The van der Waals surface area contributed by atoms with Gasteiger partial charge in [-0.25, -0.2) is 9.97 Å². The third kappa shape index (κ3) is 4.18. The van der Waals surface area contributed by atoms with Crippen molar-refractivity contribution in [2.45, 2.75) is 25.7 Å². The standard InChI is InChI=1S/C18H23N5O4/c1-26-13-7-8-14(15(11-13)27-2)21-17-16(23(24)25)18(20-12-19-17)22-9-5-3-4-6-10-22/h7-8,11-12H,3-6,9-10H2,1-2H3,(H,19,20,21). The van der Waals surface area contributed by atoms with Crippen LogP contribution in [0.15, 0.2) is 24.5 Å². The number of benzene rings is 1. The summed E-state index contributed by atoms with van der Waals surface area (Å²) in [6, 6.07) is 5.17. The molecule has 0 unspecified atom stereocenters. The second kappa shape index (κ2) is 8.52. The number of nitro groups is 1. The second-order valence-electron chi connectivity index (χ2n) is 6.24. The highest BCUT2D eigenvalue weighted by Crippen LogP contribution is 2.37. The van der Waals surface area contributed by atoms with Gasteiger partial charge in [-0.15, -0.1) is 0 Å². The lowest BCUT2D eigenvalue weighted by Gasteiger charge is -2.21. The zero-order valence-electron chi connectivity index (χ0n) is 15.5. The number of methoxy groups -OCH3 is 2. The minimum absolute atomic E-state index is 0.128. The van der Waals surface area contributed by atoms with Crippen LogP contribution in [0.25, 0.3) is 0 Å². The van der Waals surface area contributed by atoms with Gasteiger partial charge in [-0.1, -0.05) is 12.8 Å². The van der Waals surface area contributed by atoms with E-state index in [4.69, 9.17) is 9.47 Å². The third-order valence-corrected chi connectivity index (χ3v) is 4.55. The second-order valence-corrected chi connectivity index (χ2v) is 6.24. The number of rotatable bonds is 6. The number of ether oxygens (including phenoxy) is 2. The Morgan fingerprint density at radius 2 is 1.85 bits per heavy atom. The van der Waals surface area contributed by atoms with Crippen LogP contribution in [-0.4, -0.2) is 42.2 Å². The highest BCUT2D eigenvalue weighted by atomic mass is 16.6. The number of aromatic nitrogens is 2. The number of anilines is 3. The highest BCUT2D eigenvalue weighted by molar-refractivity contribution is 5.76. The summed E-state index contributed by atoms with van der Waals surface area (Å²) in [6.45, 7) is 1.51. The minimum Gasteiger partial charge on any atom is -0.497 e. The molecule has 0 radical (unpaired) electrons. The molecule has 27 heavy (non-hydrogen) atoms. The van der Waals surface area contributed by atoms with Gasteiger partial charge >= 0.3 is 5.69 Å². The average molecular weight is 373 g/mol. The van der Waals surface area contributed by atoms with Crippen molar-refractivity contribution in [1.29, 1.82) is 0 Å². The Hall–Kier alpha value is -3.10. The average Bonchev–Trinajstić information content (AvgIpc) is 2.97. The molecule has 3 rings (SSSR count). The van der Waals surface area contributed by atoms with Crippen molar-refractivity contribution in [3.63, 3.8) is 0 Å². The fourth-order valence-electron chi connectivity index (χ4n) is 3.17. The molecule has 2 heterocycles. The maximum Gasteiger partial charge on any atom is 0.353 e. The van der Waals surface area contributed by atoms with Crippen LogP contribution in [0.1, 0.15) is 25.7 Å². The molecule has 1 aromatic heterocycles. The van der Waals surface area contributed by atoms with Crippen molar-refractivity contribution < 1.29 is 14.4 Å². The van der Waals surface area contributed by atoms with Gasteiger partial charge in [0.05, 0.1) is 24.8 Å². The van der Waals surface area contributed by atoms with Crippen LogP contribution in [0.5, 0.6) is 11.5 Å². The van der Waals surface area contributed by atoms with Crippen LogP contribution in [0.4, 0.5) is 23.0 Å². The molecule has 9 nitrogen and oxygen atoms in total. The molecule has 1 aromatic carbocycles. The summed E-state index contributed by atoms with van der Waals surface area (Å²) in [6.07, 6.45) is 5.60. The first kappa shape index (κ1) is 18.7. The van der Waals surface area contributed by atoms with Gasteiger partial charge in [-0.05, 0) is 25.0 Å². The van der Waals surface area contributed by atoms with Crippen LogP contribution in [0, 0.1) is 10.1 Å². The van der Waals surface area contributed by atoms with Crippen LogP contribution < -0.4 is 19.7 Å². The summed E-state index contributed by atoms with van der Waals surface area (Å²) in [5.41, 5.74) is 0.430. The molecule has 1 fully saturated rings. The largest absolute Gasteiger partial charge is 0.497 e. The van der Waals surface area contributed by atoms with E-state index in [1.54, 1.807) is 25.3 Å². The number of nitrogens with one attached hydrogen (secondary N) is 1. The van der Waals surface area contributed by atoms with Crippen LogP contribution >= 0.6 is 0 Å². The Bertz CT molecular complexity index is 806. The topological polar surface area (TPSA) is 103 Å². The zero-order chi connectivity index (χ0) is 19.2. The fraction of sp³-hybridized carbons (Fsp3) is 0.444. The number of hydrogen-bond donors (Lipinski definition) is 1. The lowest BCUT2D eigenvalue weighted by molar-refractivity contribution is -0.383. The van der Waals surface area contributed by atoms with Crippen molar-refractivity contribution in [2.24, 2.45) is 0 Å². The summed E-state index contributed by atoms with van der Waals surface area (Å²) >= 11 is 0. The van der Waals surface area contributed by atoms with Crippen molar-refractivity contribution in [3.05, 3.63) is 34.6 Å². The van der Waals surface area contributed by atoms with Gasteiger partial charge in [-0.2, -0.15) is 0 Å². The van der Waals surface area contributed by atoms with E-state index in [9.17, 15) is 10.1 Å². The molecule has 0 bridgehead atoms. The molecular formula is C18H23N5O4. The lowest BCUT2D eigenvalue weighted by Crippen LogP contribution is -2.26. The van der Waals surface area contributed by atoms with Gasteiger partial charge in [-0.3, -0.25) is 10.1 Å². The summed E-state index contributed by atoms with van der Waals surface area (Å²) in [5, 5.41) is 14.8. The highest BCUT2D eigenvalue weighted by Gasteiger charge is 2.28. The monoisotopic (exact) mass is 373 g/mol. The van der Waals surface area contributed by atoms with Crippen molar-refractivity contribution >= 4 is 23.0 Å². The van der Waals surface area contributed by atoms with E-state index < -0.39 is 4.92 Å². The molecule has 0 atom stereocenters. The molecule has 0 amide bonds. The molecule has 0 saturated carbocycles. The SMILES string of the molecule is COc1ccc(Nc2ncnc(N3CCCCCC3)c2[N+](=O)[O-])c(OC)c1. The summed E-state index contributed by atoms with van der Waals surface area (Å²) < 4.78 is 10.5. The first-order chi connectivity index (χ1) is 13.1. The Balaban J connectivity index is 1.98. The predicted molar refractivity (Wildman–Crippen MR) is 102 cm³/mol. The van der Waals surface area contributed by atoms with E-state index in [0.29, 0.717) is 23.0 Å². The molecule has 1 aliphatic rings. The molecule has 144 valence electrons. The smallest absolute Gasteiger partial charge is 0.353 e. The molecule has 1 N–H and O–H groups in total. The molecular weight excluding hydrogens is 350 g/mol. The molecule has 0 spiro atoms. The van der Waals surface area contributed by atoms with Crippen molar-refractivity contribution in [2.75, 3.05) is 37.5 Å². The van der Waals surface area contributed by atoms with E-state index in [1.165, 1.54) is 13.4 Å². The Kier molecular flexibility index (Phi) is 5.90. The van der Waals surface area contributed by atoms with Gasteiger partial charge in [0.1, 0.15) is 17.8 Å². The van der Waals surface area contributed by atoms with Gasteiger partial charge in [0.15, 0.2) is 0 Å². The van der Waals surface area contributed by atoms with E-state index in [-0.39, 0.29) is 11.5 Å². The predicted octanol–water partition coefficient (Wildman–Crippen LogP) is 3.53.